The summed E-state index contributed by atoms with van der Waals surface area (Å²) < 4.78 is 33.2. The Morgan fingerprint density at radius 2 is 2.07 bits per heavy atom. The molecule has 1 aromatic carbocycles. The van der Waals surface area contributed by atoms with Gasteiger partial charge in [-0.05, 0) is 45.1 Å². The molecular weight excluding hydrogens is 384 g/mol. The van der Waals surface area contributed by atoms with Crippen LogP contribution in [0, 0.1) is 0 Å². The van der Waals surface area contributed by atoms with Crippen LogP contribution in [0.3, 0.4) is 0 Å². The van der Waals surface area contributed by atoms with Crippen LogP contribution in [0.15, 0.2) is 23.1 Å². The first-order valence-corrected chi connectivity index (χ1v) is 10.6. The molecule has 0 aromatic heterocycles. The Labute approximate surface area is 165 Å². The third-order valence-electron chi connectivity index (χ3n) is 5.64. The Morgan fingerprint density at radius 3 is 2.64 bits per heavy atom. The first-order chi connectivity index (χ1) is 13.1. The summed E-state index contributed by atoms with van der Waals surface area (Å²) in [6.07, 6.45) is 0.767. The van der Waals surface area contributed by atoms with Crippen LogP contribution < -0.4 is 15.4 Å². The van der Waals surface area contributed by atoms with Gasteiger partial charge in [0, 0.05) is 24.7 Å². The number of urea groups is 1. The number of imide groups is 1. The SMILES string of the molecule is CCN(C)[C@@H]1CCN(S(=O)(=O)c2ccc(OC)c([C@]3(C)NC(=O)NC3=O)c2)C1. The quantitative estimate of drug-likeness (QED) is 0.660. The second-order valence-corrected chi connectivity index (χ2v) is 9.21. The van der Waals surface area contributed by atoms with E-state index in [9.17, 15) is 18.0 Å². The van der Waals surface area contributed by atoms with Crippen molar-refractivity contribution < 1.29 is 22.7 Å². The molecule has 9 nitrogen and oxygen atoms in total. The first kappa shape index (κ1) is 20.6. The number of carbonyl (C=O) groups excluding carboxylic acids is 2. The number of amides is 3. The van der Waals surface area contributed by atoms with E-state index in [4.69, 9.17) is 4.74 Å². The third kappa shape index (κ3) is 3.36. The van der Waals surface area contributed by atoms with E-state index >= 15 is 0 Å². The Morgan fingerprint density at radius 1 is 1.36 bits per heavy atom. The summed E-state index contributed by atoms with van der Waals surface area (Å²) in [5.74, 6) is -0.236. The molecule has 28 heavy (non-hydrogen) atoms. The number of hydrogen-bond donors (Lipinski definition) is 2. The topological polar surface area (TPSA) is 108 Å². The number of methoxy groups -OCH3 is 1. The van der Waals surface area contributed by atoms with Crippen LogP contribution in [0.1, 0.15) is 25.8 Å². The monoisotopic (exact) mass is 410 g/mol. The zero-order chi connectivity index (χ0) is 20.7. The van der Waals surface area contributed by atoms with Crippen molar-refractivity contribution in [2.75, 3.05) is 33.8 Å². The maximum Gasteiger partial charge on any atom is 0.322 e. The van der Waals surface area contributed by atoms with E-state index in [0.29, 0.717) is 24.4 Å². The van der Waals surface area contributed by atoms with Crippen molar-refractivity contribution in [3.63, 3.8) is 0 Å². The molecule has 3 amide bonds. The highest BCUT2D eigenvalue weighted by molar-refractivity contribution is 7.89. The lowest BCUT2D eigenvalue weighted by Crippen LogP contribution is -2.41. The molecule has 0 aliphatic carbocycles. The van der Waals surface area contributed by atoms with Crippen LogP contribution in [0.4, 0.5) is 4.79 Å². The predicted molar refractivity (Wildman–Crippen MR) is 102 cm³/mol. The number of ether oxygens (including phenoxy) is 1. The van der Waals surface area contributed by atoms with Crippen LogP contribution in [0.2, 0.25) is 0 Å². The van der Waals surface area contributed by atoms with E-state index in [0.717, 1.165) is 13.0 Å². The Bertz CT molecular complexity index is 903. The molecule has 2 heterocycles. The van der Waals surface area contributed by atoms with Gasteiger partial charge in [0.15, 0.2) is 0 Å². The van der Waals surface area contributed by atoms with Gasteiger partial charge in [0.25, 0.3) is 5.91 Å². The van der Waals surface area contributed by atoms with Crippen molar-refractivity contribution in [3.8, 4) is 5.75 Å². The number of carbonyl (C=O) groups is 2. The van der Waals surface area contributed by atoms with Gasteiger partial charge in [0.2, 0.25) is 10.0 Å². The molecular formula is C18H26N4O5S. The molecule has 1 aromatic rings. The second-order valence-electron chi connectivity index (χ2n) is 7.27. The van der Waals surface area contributed by atoms with E-state index in [-0.39, 0.29) is 10.9 Å². The summed E-state index contributed by atoms with van der Waals surface area (Å²) in [4.78, 5) is 26.2. The molecule has 2 aliphatic rings. The molecule has 0 unspecified atom stereocenters. The number of nitrogens with one attached hydrogen (secondary N) is 2. The van der Waals surface area contributed by atoms with Crippen LogP contribution in [0.25, 0.3) is 0 Å². The van der Waals surface area contributed by atoms with Crippen LogP contribution in [-0.4, -0.2) is 69.4 Å². The number of benzene rings is 1. The van der Waals surface area contributed by atoms with E-state index in [1.54, 1.807) is 0 Å². The maximum atomic E-state index is 13.2. The highest BCUT2D eigenvalue weighted by Gasteiger charge is 2.46. The molecule has 0 saturated carbocycles. The molecule has 0 spiro atoms. The average Bonchev–Trinajstić information content (AvgIpc) is 3.26. The molecule has 0 bridgehead atoms. The second kappa shape index (κ2) is 7.34. The summed E-state index contributed by atoms with van der Waals surface area (Å²) in [5, 5.41) is 4.74. The van der Waals surface area contributed by atoms with Gasteiger partial charge in [-0.2, -0.15) is 4.31 Å². The number of likely N-dealkylation sites (N-methyl/N-ethyl adjacent to an activating group) is 1. The van der Waals surface area contributed by atoms with Gasteiger partial charge in [-0.25, -0.2) is 13.2 Å². The largest absolute Gasteiger partial charge is 0.496 e. The lowest BCUT2D eigenvalue weighted by molar-refractivity contribution is -0.123. The van der Waals surface area contributed by atoms with E-state index in [1.165, 1.54) is 36.5 Å². The number of hydrogen-bond acceptors (Lipinski definition) is 6. The molecule has 154 valence electrons. The van der Waals surface area contributed by atoms with Gasteiger partial charge < -0.3 is 15.0 Å². The van der Waals surface area contributed by atoms with Crippen molar-refractivity contribution in [3.05, 3.63) is 23.8 Å². The van der Waals surface area contributed by atoms with Crippen molar-refractivity contribution in [2.24, 2.45) is 0 Å². The zero-order valence-electron chi connectivity index (χ0n) is 16.5. The minimum absolute atomic E-state index is 0.0678. The van der Waals surface area contributed by atoms with E-state index in [2.05, 4.69) is 15.5 Å². The summed E-state index contributed by atoms with van der Waals surface area (Å²) in [5.41, 5.74) is -1.12. The maximum absolute atomic E-state index is 13.2. The molecule has 10 heteroatoms. The molecule has 2 atom stereocenters. The summed E-state index contributed by atoms with van der Waals surface area (Å²) in [6, 6.07) is 3.93. The number of nitrogens with zero attached hydrogens (tertiary/aromatic N) is 2. The molecule has 0 radical (unpaired) electrons. The van der Waals surface area contributed by atoms with Gasteiger partial charge >= 0.3 is 6.03 Å². The van der Waals surface area contributed by atoms with Crippen molar-refractivity contribution in [2.45, 2.75) is 36.7 Å². The molecule has 2 fully saturated rings. The molecule has 2 saturated heterocycles. The van der Waals surface area contributed by atoms with E-state index < -0.39 is 27.5 Å². The third-order valence-corrected chi connectivity index (χ3v) is 7.50. The number of sulfonamides is 1. The number of rotatable bonds is 6. The average molecular weight is 410 g/mol. The smallest absolute Gasteiger partial charge is 0.322 e. The fourth-order valence-corrected chi connectivity index (χ4v) is 5.19. The van der Waals surface area contributed by atoms with Gasteiger partial charge in [0.1, 0.15) is 11.3 Å². The highest BCUT2D eigenvalue weighted by Crippen LogP contribution is 2.35. The van der Waals surface area contributed by atoms with Crippen LogP contribution in [-0.2, 0) is 20.4 Å². The minimum atomic E-state index is -3.74. The Balaban J connectivity index is 1.98. The first-order valence-electron chi connectivity index (χ1n) is 9.16. The fraction of sp³-hybridized carbons (Fsp3) is 0.556. The lowest BCUT2D eigenvalue weighted by Gasteiger charge is -2.25. The van der Waals surface area contributed by atoms with Crippen molar-refractivity contribution in [1.82, 2.24) is 19.8 Å². The van der Waals surface area contributed by atoms with Crippen molar-refractivity contribution >= 4 is 22.0 Å². The van der Waals surface area contributed by atoms with Crippen molar-refractivity contribution in [1.29, 1.82) is 0 Å². The summed E-state index contributed by atoms with van der Waals surface area (Å²) >= 11 is 0. The van der Waals surface area contributed by atoms with Gasteiger partial charge in [-0.3, -0.25) is 10.1 Å². The van der Waals surface area contributed by atoms with E-state index in [1.807, 2.05) is 14.0 Å². The van der Waals surface area contributed by atoms with Crippen LogP contribution in [0.5, 0.6) is 5.75 Å². The zero-order valence-corrected chi connectivity index (χ0v) is 17.3. The summed E-state index contributed by atoms with van der Waals surface area (Å²) in [6.45, 7) is 5.26. The van der Waals surface area contributed by atoms with Gasteiger partial charge in [-0.1, -0.05) is 6.92 Å². The van der Waals surface area contributed by atoms with Gasteiger partial charge in [0.05, 0.1) is 12.0 Å². The molecule has 2 aliphatic heterocycles. The predicted octanol–water partition coefficient (Wildman–Crippen LogP) is 0.465. The Hall–Kier alpha value is -2.17. The van der Waals surface area contributed by atoms with Crippen LogP contribution >= 0.6 is 0 Å². The molecule has 2 N–H and O–H groups in total. The standard InChI is InChI=1S/C18H26N4O5S/c1-5-21(3)12-8-9-22(11-12)28(25,26)13-6-7-15(27-4)14(10-13)18(2)16(23)19-17(24)20-18/h6-7,10,12H,5,8-9,11H2,1-4H3,(H2,19,20,23,24)/t12-,18+/m1/s1. The fourth-order valence-electron chi connectivity index (χ4n) is 3.67. The molecule has 3 rings (SSSR count). The lowest BCUT2D eigenvalue weighted by atomic mass is 9.91. The normalized spacial score (nSPS) is 25.8. The summed E-state index contributed by atoms with van der Waals surface area (Å²) in [7, 11) is -0.334. The Kier molecular flexibility index (Phi) is 5.39. The highest BCUT2D eigenvalue weighted by atomic mass is 32.2. The van der Waals surface area contributed by atoms with Gasteiger partial charge in [-0.15, -0.1) is 0 Å². The minimum Gasteiger partial charge on any atom is -0.496 e.